The Morgan fingerprint density at radius 2 is 2.42 bits per heavy atom. The minimum atomic E-state index is -1.05. The average molecular weight is 301 g/mol. The fourth-order valence-corrected chi connectivity index (χ4v) is 3.74. The Morgan fingerprint density at radius 3 is 3.00 bits per heavy atom. The molecule has 1 atom stereocenters. The molecule has 0 bridgehead atoms. The van der Waals surface area contributed by atoms with Crippen LogP contribution in [-0.2, 0) is 6.54 Å². The summed E-state index contributed by atoms with van der Waals surface area (Å²) in [6.45, 7) is 0.265. The number of carbonyl (C=O) groups is 2. The van der Waals surface area contributed by atoms with Crippen LogP contribution in [0, 0.1) is 0 Å². The predicted molar refractivity (Wildman–Crippen MR) is 74.8 cm³/mol. The third-order valence-electron chi connectivity index (χ3n) is 2.94. The summed E-state index contributed by atoms with van der Waals surface area (Å²) in [7, 11) is 1.79. The van der Waals surface area contributed by atoms with Crippen LogP contribution >= 0.6 is 23.1 Å². The molecule has 1 fully saturated rings. The van der Waals surface area contributed by atoms with E-state index in [-0.39, 0.29) is 24.3 Å². The average Bonchev–Trinajstić information content (AvgIpc) is 3.05. The summed E-state index contributed by atoms with van der Waals surface area (Å²) in [5.41, 5.74) is 0.0230. The van der Waals surface area contributed by atoms with E-state index in [9.17, 15) is 9.59 Å². The highest BCUT2D eigenvalue weighted by Gasteiger charge is 2.23. The van der Waals surface area contributed by atoms with Crippen molar-refractivity contribution < 1.29 is 14.7 Å². The molecular weight excluding hydrogens is 286 g/mol. The maximum atomic E-state index is 11.9. The lowest BCUT2D eigenvalue weighted by Crippen LogP contribution is -2.43. The second-order valence-electron chi connectivity index (χ2n) is 4.22. The van der Waals surface area contributed by atoms with E-state index >= 15 is 0 Å². The van der Waals surface area contributed by atoms with E-state index in [0.717, 1.165) is 17.9 Å². The standard InChI is InChI=1S/C11H15N3O3S2/c1-14(7-2-3-18-5-7)11(17)12-4-9-13-8(6-19-9)10(15)16/h6-7H,2-5H2,1H3,(H,12,17)(H,15,16). The minimum absolute atomic E-state index is 0.0230. The summed E-state index contributed by atoms with van der Waals surface area (Å²) in [5, 5.41) is 13.6. The van der Waals surface area contributed by atoms with Gasteiger partial charge in [0.25, 0.3) is 0 Å². The summed E-state index contributed by atoms with van der Waals surface area (Å²) >= 11 is 3.09. The first-order valence-electron chi connectivity index (χ1n) is 5.84. The quantitative estimate of drug-likeness (QED) is 0.880. The molecule has 2 N–H and O–H groups in total. The predicted octanol–water partition coefficient (Wildman–Crippen LogP) is 1.49. The van der Waals surface area contributed by atoms with Gasteiger partial charge < -0.3 is 15.3 Å². The molecule has 19 heavy (non-hydrogen) atoms. The van der Waals surface area contributed by atoms with Gasteiger partial charge in [-0.3, -0.25) is 0 Å². The van der Waals surface area contributed by atoms with Gasteiger partial charge >= 0.3 is 12.0 Å². The lowest BCUT2D eigenvalue weighted by molar-refractivity contribution is 0.0691. The van der Waals surface area contributed by atoms with Gasteiger partial charge in [0, 0.05) is 24.2 Å². The Bertz CT molecular complexity index is 472. The highest BCUT2D eigenvalue weighted by atomic mass is 32.2. The van der Waals surface area contributed by atoms with Gasteiger partial charge in [-0.2, -0.15) is 11.8 Å². The molecule has 1 aromatic heterocycles. The van der Waals surface area contributed by atoms with Crippen molar-refractivity contribution in [1.82, 2.24) is 15.2 Å². The van der Waals surface area contributed by atoms with Crippen LogP contribution in [0.15, 0.2) is 5.38 Å². The molecule has 0 aromatic carbocycles. The van der Waals surface area contributed by atoms with Gasteiger partial charge in [0.2, 0.25) is 0 Å². The van der Waals surface area contributed by atoms with E-state index in [0.29, 0.717) is 5.01 Å². The molecule has 1 unspecified atom stereocenters. The fourth-order valence-electron chi connectivity index (χ4n) is 1.76. The molecule has 104 valence electrons. The molecule has 8 heteroatoms. The highest BCUT2D eigenvalue weighted by molar-refractivity contribution is 7.99. The third-order valence-corrected chi connectivity index (χ3v) is 4.93. The van der Waals surface area contributed by atoms with Crippen molar-refractivity contribution in [2.24, 2.45) is 0 Å². The van der Waals surface area contributed by atoms with Crippen LogP contribution in [0.25, 0.3) is 0 Å². The number of hydrogen-bond acceptors (Lipinski definition) is 5. The number of thioether (sulfide) groups is 1. The lowest BCUT2D eigenvalue weighted by Gasteiger charge is -2.23. The Labute approximate surface area is 119 Å². The molecule has 1 aliphatic heterocycles. The van der Waals surface area contributed by atoms with E-state index in [1.807, 2.05) is 11.8 Å². The number of rotatable bonds is 4. The molecule has 6 nitrogen and oxygen atoms in total. The zero-order valence-corrected chi connectivity index (χ0v) is 12.1. The molecule has 0 saturated carbocycles. The van der Waals surface area contributed by atoms with Crippen molar-refractivity contribution in [3.8, 4) is 0 Å². The van der Waals surface area contributed by atoms with Gasteiger partial charge in [-0.1, -0.05) is 0 Å². The van der Waals surface area contributed by atoms with Crippen molar-refractivity contribution >= 4 is 35.1 Å². The number of hydrogen-bond donors (Lipinski definition) is 2. The van der Waals surface area contributed by atoms with Crippen molar-refractivity contribution in [1.29, 1.82) is 0 Å². The summed E-state index contributed by atoms with van der Waals surface area (Å²) < 4.78 is 0. The zero-order chi connectivity index (χ0) is 13.8. The van der Waals surface area contributed by atoms with E-state index < -0.39 is 5.97 Å². The topological polar surface area (TPSA) is 82.5 Å². The van der Waals surface area contributed by atoms with Gasteiger partial charge in [0.05, 0.1) is 6.54 Å². The number of nitrogens with zero attached hydrogens (tertiary/aromatic N) is 2. The van der Waals surface area contributed by atoms with Crippen LogP contribution < -0.4 is 5.32 Å². The van der Waals surface area contributed by atoms with E-state index in [1.165, 1.54) is 16.7 Å². The van der Waals surface area contributed by atoms with Crippen molar-refractivity contribution in [3.63, 3.8) is 0 Å². The van der Waals surface area contributed by atoms with Gasteiger partial charge in [-0.25, -0.2) is 14.6 Å². The van der Waals surface area contributed by atoms with E-state index in [1.54, 1.807) is 11.9 Å². The number of nitrogens with one attached hydrogen (secondary N) is 1. The summed E-state index contributed by atoms with van der Waals surface area (Å²) in [6, 6.07) is 0.149. The van der Waals surface area contributed by atoms with Crippen LogP contribution in [0.3, 0.4) is 0 Å². The Balaban J connectivity index is 1.83. The van der Waals surface area contributed by atoms with Gasteiger partial charge in [-0.15, -0.1) is 11.3 Å². The molecule has 0 radical (unpaired) electrons. The number of aromatic carboxylic acids is 1. The van der Waals surface area contributed by atoms with Crippen molar-refractivity contribution in [2.75, 3.05) is 18.6 Å². The number of carbonyl (C=O) groups excluding carboxylic acids is 1. The van der Waals surface area contributed by atoms with Gasteiger partial charge in [-0.05, 0) is 12.2 Å². The maximum Gasteiger partial charge on any atom is 0.355 e. The van der Waals surface area contributed by atoms with Crippen LogP contribution in [0.5, 0.6) is 0 Å². The lowest BCUT2D eigenvalue weighted by atomic mass is 10.2. The third kappa shape index (κ3) is 3.60. The van der Waals surface area contributed by atoms with Gasteiger partial charge in [0.1, 0.15) is 5.01 Å². The van der Waals surface area contributed by atoms with Gasteiger partial charge in [0.15, 0.2) is 5.69 Å². The van der Waals surface area contributed by atoms with Crippen molar-refractivity contribution in [3.05, 3.63) is 16.1 Å². The van der Waals surface area contributed by atoms with Crippen LogP contribution in [0.1, 0.15) is 21.9 Å². The monoisotopic (exact) mass is 301 g/mol. The molecule has 1 aliphatic rings. The minimum Gasteiger partial charge on any atom is -0.476 e. The van der Waals surface area contributed by atoms with Crippen molar-refractivity contribution in [2.45, 2.75) is 19.0 Å². The fraction of sp³-hybridized carbons (Fsp3) is 0.545. The Morgan fingerprint density at radius 1 is 1.63 bits per heavy atom. The van der Waals surface area contributed by atoms with E-state index in [2.05, 4.69) is 10.3 Å². The maximum absolute atomic E-state index is 11.9. The van der Waals surface area contributed by atoms with E-state index in [4.69, 9.17) is 5.11 Å². The number of amides is 2. The molecular formula is C11H15N3O3S2. The normalized spacial score (nSPS) is 18.3. The SMILES string of the molecule is CN(C(=O)NCc1nc(C(=O)O)cs1)C1CCSC1. The first-order chi connectivity index (χ1) is 9.08. The summed E-state index contributed by atoms with van der Waals surface area (Å²) in [4.78, 5) is 28.2. The molecule has 0 aliphatic carbocycles. The molecule has 2 amide bonds. The number of thiazole rings is 1. The molecule has 1 saturated heterocycles. The number of urea groups is 1. The molecule has 2 rings (SSSR count). The smallest absolute Gasteiger partial charge is 0.355 e. The molecule has 1 aromatic rings. The first-order valence-corrected chi connectivity index (χ1v) is 7.87. The molecule has 2 heterocycles. The Hall–Kier alpha value is -1.28. The largest absolute Gasteiger partial charge is 0.476 e. The Kier molecular flexibility index (Phi) is 4.65. The highest BCUT2D eigenvalue weighted by Crippen LogP contribution is 2.21. The summed E-state index contributed by atoms with van der Waals surface area (Å²) in [6.07, 6.45) is 1.02. The van der Waals surface area contributed by atoms with Crippen LogP contribution in [0.2, 0.25) is 0 Å². The second kappa shape index (κ2) is 6.25. The number of carboxylic acid groups (broad SMARTS) is 1. The first kappa shape index (κ1) is 14.1. The second-order valence-corrected chi connectivity index (χ2v) is 6.31. The van der Waals surface area contributed by atoms with Crippen LogP contribution in [-0.4, -0.2) is 51.6 Å². The summed E-state index contributed by atoms with van der Waals surface area (Å²) in [5.74, 6) is 1.02. The number of aromatic nitrogens is 1. The zero-order valence-electron chi connectivity index (χ0n) is 10.5. The number of carboxylic acids is 1. The molecule has 0 spiro atoms. The van der Waals surface area contributed by atoms with Crippen LogP contribution in [0.4, 0.5) is 4.79 Å².